The molecule has 2 aliphatic rings. The molecule has 0 bridgehead atoms. The molecule has 2 heterocycles. The molecule has 1 N–H and O–H groups in total. The van der Waals surface area contributed by atoms with Crippen LogP contribution in [-0.2, 0) is 6.54 Å². The standard InChI is InChI=1S/C18H29N3O/c22-13-12-21(17-6-2-1-3-7-17)15-16-8-9-18(19-14-16)20-10-4-5-11-20/h8-9,14,17,22H,1-7,10-13,15H2. The summed E-state index contributed by atoms with van der Waals surface area (Å²) in [4.78, 5) is 9.48. The fourth-order valence-corrected chi connectivity index (χ4v) is 3.84. The van der Waals surface area contributed by atoms with Crippen LogP contribution in [0.25, 0.3) is 0 Å². The first kappa shape index (κ1) is 15.8. The lowest BCUT2D eigenvalue weighted by Crippen LogP contribution is -2.38. The third kappa shape index (κ3) is 3.99. The summed E-state index contributed by atoms with van der Waals surface area (Å²) < 4.78 is 0. The summed E-state index contributed by atoms with van der Waals surface area (Å²) in [6.45, 7) is 4.23. The van der Waals surface area contributed by atoms with Gasteiger partial charge in [-0.05, 0) is 37.3 Å². The zero-order valence-electron chi connectivity index (χ0n) is 13.6. The van der Waals surface area contributed by atoms with Gasteiger partial charge in [-0.3, -0.25) is 4.90 Å². The zero-order valence-corrected chi connectivity index (χ0v) is 13.6. The molecule has 3 rings (SSSR count). The molecule has 0 radical (unpaired) electrons. The fourth-order valence-electron chi connectivity index (χ4n) is 3.84. The van der Waals surface area contributed by atoms with Gasteiger partial charge >= 0.3 is 0 Å². The molecule has 1 aromatic heterocycles. The third-order valence-corrected chi connectivity index (χ3v) is 5.10. The van der Waals surface area contributed by atoms with Crippen LogP contribution in [0.3, 0.4) is 0 Å². The van der Waals surface area contributed by atoms with Gasteiger partial charge in [-0.15, -0.1) is 0 Å². The van der Waals surface area contributed by atoms with Crippen molar-refractivity contribution in [3.05, 3.63) is 23.9 Å². The second-order valence-electron chi connectivity index (χ2n) is 6.70. The monoisotopic (exact) mass is 303 g/mol. The Morgan fingerprint density at radius 1 is 1.09 bits per heavy atom. The van der Waals surface area contributed by atoms with Crippen LogP contribution < -0.4 is 4.90 Å². The minimum atomic E-state index is 0.246. The van der Waals surface area contributed by atoms with Crippen LogP contribution in [0.5, 0.6) is 0 Å². The molecular weight excluding hydrogens is 274 g/mol. The predicted octanol–water partition coefficient (Wildman–Crippen LogP) is 2.81. The highest BCUT2D eigenvalue weighted by molar-refractivity contribution is 5.40. The molecule has 2 fully saturated rings. The molecule has 1 aliphatic carbocycles. The van der Waals surface area contributed by atoms with Crippen LogP contribution in [-0.4, -0.2) is 47.3 Å². The first-order valence-corrected chi connectivity index (χ1v) is 8.91. The van der Waals surface area contributed by atoms with Crippen LogP contribution in [0.4, 0.5) is 5.82 Å². The van der Waals surface area contributed by atoms with Gasteiger partial charge in [-0.2, -0.15) is 0 Å². The van der Waals surface area contributed by atoms with Crippen molar-refractivity contribution in [2.24, 2.45) is 0 Å². The molecular formula is C18H29N3O. The van der Waals surface area contributed by atoms with Crippen molar-refractivity contribution in [3.8, 4) is 0 Å². The van der Waals surface area contributed by atoms with Gasteiger partial charge in [0.2, 0.25) is 0 Å². The summed E-state index contributed by atoms with van der Waals surface area (Å²) in [6, 6.07) is 5.02. The van der Waals surface area contributed by atoms with Crippen LogP contribution >= 0.6 is 0 Å². The Morgan fingerprint density at radius 2 is 1.86 bits per heavy atom. The van der Waals surface area contributed by atoms with Crippen molar-refractivity contribution in [1.29, 1.82) is 0 Å². The van der Waals surface area contributed by atoms with Crippen molar-refractivity contribution in [2.75, 3.05) is 31.1 Å². The minimum absolute atomic E-state index is 0.246. The van der Waals surface area contributed by atoms with Crippen molar-refractivity contribution >= 4 is 5.82 Å². The number of pyridine rings is 1. The van der Waals surface area contributed by atoms with Crippen LogP contribution in [0, 0.1) is 0 Å². The average molecular weight is 303 g/mol. The number of anilines is 1. The van der Waals surface area contributed by atoms with E-state index in [4.69, 9.17) is 0 Å². The Bertz CT molecular complexity index is 436. The topological polar surface area (TPSA) is 39.6 Å². The predicted molar refractivity (Wildman–Crippen MR) is 90.1 cm³/mol. The van der Waals surface area contributed by atoms with E-state index in [9.17, 15) is 5.11 Å². The molecule has 0 unspecified atom stereocenters. The molecule has 1 aromatic rings. The molecule has 22 heavy (non-hydrogen) atoms. The molecule has 1 aliphatic heterocycles. The Kier molecular flexibility index (Phi) is 5.68. The molecule has 0 amide bonds. The first-order valence-electron chi connectivity index (χ1n) is 8.91. The van der Waals surface area contributed by atoms with Gasteiger partial charge < -0.3 is 10.0 Å². The van der Waals surface area contributed by atoms with E-state index in [2.05, 4.69) is 26.9 Å². The Labute approximate surface area is 134 Å². The average Bonchev–Trinajstić information content (AvgIpc) is 3.10. The molecule has 122 valence electrons. The van der Waals surface area contributed by atoms with Gasteiger partial charge in [0, 0.05) is 38.4 Å². The lowest BCUT2D eigenvalue weighted by atomic mass is 9.94. The van der Waals surface area contributed by atoms with E-state index in [1.807, 2.05) is 6.20 Å². The number of rotatable bonds is 6. The molecule has 1 saturated carbocycles. The van der Waals surface area contributed by atoms with Crippen LogP contribution in [0.1, 0.15) is 50.5 Å². The fraction of sp³-hybridized carbons (Fsp3) is 0.722. The number of hydrogen-bond donors (Lipinski definition) is 1. The van der Waals surface area contributed by atoms with E-state index >= 15 is 0 Å². The van der Waals surface area contributed by atoms with Gasteiger partial charge in [0.25, 0.3) is 0 Å². The second kappa shape index (κ2) is 7.93. The number of aliphatic hydroxyl groups is 1. The summed E-state index contributed by atoms with van der Waals surface area (Å²) in [5, 5.41) is 9.37. The number of nitrogens with zero attached hydrogens (tertiary/aromatic N) is 3. The first-order chi connectivity index (χ1) is 10.9. The SMILES string of the molecule is OCCN(Cc1ccc(N2CCCC2)nc1)C1CCCCC1. The van der Waals surface area contributed by atoms with Gasteiger partial charge in [-0.25, -0.2) is 4.98 Å². The maximum atomic E-state index is 9.37. The Balaban J connectivity index is 1.61. The number of aromatic nitrogens is 1. The van der Waals surface area contributed by atoms with Crippen molar-refractivity contribution in [3.63, 3.8) is 0 Å². The van der Waals surface area contributed by atoms with Gasteiger partial charge in [0.15, 0.2) is 0 Å². The van der Waals surface area contributed by atoms with Crippen molar-refractivity contribution < 1.29 is 5.11 Å². The van der Waals surface area contributed by atoms with E-state index in [0.29, 0.717) is 6.04 Å². The molecule has 0 aromatic carbocycles. The molecule has 1 saturated heterocycles. The van der Waals surface area contributed by atoms with Crippen LogP contribution in [0.2, 0.25) is 0 Å². The van der Waals surface area contributed by atoms with E-state index in [-0.39, 0.29) is 6.61 Å². The zero-order chi connectivity index (χ0) is 15.2. The summed E-state index contributed by atoms with van der Waals surface area (Å²) >= 11 is 0. The normalized spacial score (nSPS) is 20.0. The van der Waals surface area contributed by atoms with Gasteiger partial charge in [-0.1, -0.05) is 25.3 Å². The molecule has 4 heteroatoms. The van der Waals surface area contributed by atoms with E-state index < -0.39 is 0 Å². The highest BCUT2D eigenvalue weighted by atomic mass is 16.3. The lowest BCUT2D eigenvalue weighted by molar-refractivity contribution is 0.117. The lowest BCUT2D eigenvalue weighted by Gasteiger charge is -2.34. The van der Waals surface area contributed by atoms with Crippen molar-refractivity contribution in [2.45, 2.75) is 57.5 Å². The molecule has 4 nitrogen and oxygen atoms in total. The third-order valence-electron chi connectivity index (χ3n) is 5.10. The Morgan fingerprint density at radius 3 is 2.50 bits per heavy atom. The summed E-state index contributed by atoms with van der Waals surface area (Å²) in [5.74, 6) is 1.12. The highest BCUT2D eigenvalue weighted by Gasteiger charge is 2.21. The number of aliphatic hydroxyl groups excluding tert-OH is 1. The van der Waals surface area contributed by atoms with Gasteiger partial charge in [0.05, 0.1) is 6.61 Å². The summed E-state index contributed by atoms with van der Waals surface area (Å²) in [5.41, 5.74) is 1.27. The molecule has 0 atom stereocenters. The summed E-state index contributed by atoms with van der Waals surface area (Å²) in [6.07, 6.45) is 11.2. The van der Waals surface area contributed by atoms with E-state index in [1.54, 1.807) is 0 Å². The second-order valence-corrected chi connectivity index (χ2v) is 6.70. The maximum absolute atomic E-state index is 9.37. The highest BCUT2D eigenvalue weighted by Crippen LogP contribution is 2.24. The van der Waals surface area contributed by atoms with E-state index in [0.717, 1.165) is 32.0 Å². The van der Waals surface area contributed by atoms with Gasteiger partial charge in [0.1, 0.15) is 5.82 Å². The van der Waals surface area contributed by atoms with Crippen molar-refractivity contribution in [1.82, 2.24) is 9.88 Å². The molecule has 0 spiro atoms. The Hall–Kier alpha value is -1.13. The summed E-state index contributed by atoms with van der Waals surface area (Å²) in [7, 11) is 0. The largest absolute Gasteiger partial charge is 0.395 e. The van der Waals surface area contributed by atoms with Crippen LogP contribution in [0.15, 0.2) is 18.3 Å². The maximum Gasteiger partial charge on any atom is 0.128 e. The smallest absolute Gasteiger partial charge is 0.128 e. The number of hydrogen-bond acceptors (Lipinski definition) is 4. The van der Waals surface area contributed by atoms with E-state index in [1.165, 1.54) is 50.5 Å². The minimum Gasteiger partial charge on any atom is -0.395 e. The quantitative estimate of drug-likeness (QED) is 0.877.